The minimum Gasteiger partial charge on any atom is -0.453 e. The summed E-state index contributed by atoms with van der Waals surface area (Å²) in [4.78, 5) is 30.0. The molecular weight excluding hydrogens is 467 g/mol. The van der Waals surface area contributed by atoms with Crippen LogP contribution in [0.5, 0.6) is 0 Å². The number of ether oxygens (including phenoxy) is 1. The fourth-order valence-corrected chi connectivity index (χ4v) is 6.84. The number of Topliss-reactive ketones (excluding diaryl/α,β-unsaturated/α-hetero) is 1. The number of aryl methyl sites for hydroxylation is 2. The van der Waals surface area contributed by atoms with Crippen LogP contribution < -0.4 is 0 Å². The van der Waals surface area contributed by atoms with Gasteiger partial charge in [0.25, 0.3) is 0 Å². The summed E-state index contributed by atoms with van der Waals surface area (Å²) in [6, 6.07) is 7.32. The predicted octanol–water partition coefficient (Wildman–Crippen LogP) is 4.08. The number of ketones is 1. The Morgan fingerprint density at radius 2 is 1.91 bits per heavy atom. The van der Waals surface area contributed by atoms with Gasteiger partial charge in [-0.2, -0.15) is 0 Å². The molecule has 1 fully saturated rings. The van der Waals surface area contributed by atoms with Crippen LogP contribution in [-0.4, -0.2) is 47.8 Å². The Kier molecular flexibility index (Phi) is 6.24. The number of hydrogen-bond donors (Lipinski definition) is 0. The van der Waals surface area contributed by atoms with E-state index < -0.39 is 22.4 Å². The van der Waals surface area contributed by atoms with Crippen molar-refractivity contribution < 1.29 is 27.1 Å². The van der Waals surface area contributed by atoms with Crippen molar-refractivity contribution in [3.63, 3.8) is 0 Å². The highest BCUT2D eigenvalue weighted by Crippen LogP contribution is 2.30. The third-order valence-electron chi connectivity index (χ3n) is 5.77. The molecule has 0 N–H and O–H groups in total. The van der Waals surface area contributed by atoms with Gasteiger partial charge in [-0.3, -0.25) is 4.79 Å². The van der Waals surface area contributed by atoms with E-state index in [1.807, 2.05) is 11.5 Å². The number of hydrogen-bond acceptors (Lipinski definition) is 7. The summed E-state index contributed by atoms with van der Waals surface area (Å²) in [5, 5.41) is 0.556. The molecule has 0 radical (unpaired) electrons. The number of carbonyl (C=O) groups is 2. The van der Waals surface area contributed by atoms with Gasteiger partial charge in [0.05, 0.1) is 17.2 Å². The van der Waals surface area contributed by atoms with E-state index in [4.69, 9.17) is 4.74 Å². The van der Waals surface area contributed by atoms with Gasteiger partial charge in [-0.25, -0.2) is 22.6 Å². The summed E-state index contributed by atoms with van der Waals surface area (Å²) in [5.74, 6) is -1.16. The highest BCUT2D eigenvalue weighted by atomic mass is 32.2. The number of thiazole rings is 1. The van der Waals surface area contributed by atoms with Crippen molar-refractivity contribution in [1.82, 2.24) is 9.55 Å². The number of carbonyl (C=O) groups excluding carboxylic acids is 2. The molecule has 0 amide bonds. The van der Waals surface area contributed by atoms with Gasteiger partial charge in [0.2, 0.25) is 5.78 Å². The van der Waals surface area contributed by atoms with Crippen LogP contribution in [0.2, 0.25) is 0 Å². The number of nitrogens with zero attached hydrogens (tertiary/aromatic N) is 2. The maximum absolute atomic E-state index is 13.2. The lowest BCUT2D eigenvalue weighted by molar-refractivity contribution is 0.0478. The number of esters is 1. The van der Waals surface area contributed by atoms with Gasteiger partial charge in [0, 0.05) is 28.6 Å². The average molecular weight is 491 g/mol. The molecule has 2 aromatic heterocycles. The second-order valence-electron chi connectivity index (χ2n) is 8.15. The lowest BCUT2D eigenvalue weighted by Crippen LogP contribution is -2.17. The van der Waals surface area contributed by atoms with E-state index in [0.717, 1.165) is 17.0 Å². The maximum atomic E-state index is 13.2. The highest BCUT2D eigenvalue weighted by molar-refractivity contribution is 7.91. The zero-order valence-corrected chi connectivity index (χ0v) is 20.1. The molecule has 33 heavy (non-hydrogen) atoms. The number of sulfone groups is 1. The van der Waals surface area contributed by atoms with E-state index in [1.165, 1.54) is 12.1 Å². The normalized spacial score (nSPS) is 17.3. The van der Waals surface area contributed by atoms with Gasteiger partial charge in [-0.15, -0.1) is 11.3 Å². The molecule has 1 aliphatic rings. The van der Waals surface area contributed by atoms with Crippen molar-refractivity contribution in [1.29, 1.82) is 0 Å². The Labute approximate surface area is 195 Å². The van der Waals surface area contributed by atoms with Crippen molar-refractivity contribution in [2.75, 3.05) is 18.1 Å². The molecule has 10 heteroatoms. The molecule has 0 bridgehead atoms. The standard InChI is InChI=1S/C23H23FN2O5S2/c1-13-10-19(15(3)26(13)18-8-9-33(29,30)12-18)20(27)11-31-23(28)21-14(2)25-22(32-21)16-4-6-17(24)7-5-16/h4-7,10,18H,8-9,11-12H2,1-3H3. The molecule has 174 valence electrons. The van der Waals surface area contributed by atoms with Crippen LogP contribution in [0, 0.1) is 26.6 Å². The summed E-state index contributed by atoms with van der Waals surface area (Å²) in [5.41, 5.74) is 3.03. The molecule has 1 aromatic carbocycles. The Hall–Kier alpha value is -2.85. The Balaban J connectivity index is 1.46. The molecule has 3 aromatic rings. The van der Waals surface area contributed by atoms with Gasteiger partial charge in [-0.1, -0.05) is 0 Å². The maximum Gasteiger partial charge on any atom is 0.350 e. The van der Waals surface area contributed by atoms with Crippen molar-refractivity contribution in [3.05, 3.63) is 63.7 Å². The van der Waals surface area contributed by atoms with Gasteiger partial charge < -0.3 is 9.30 Å². The number of aromatic nitrogens is 2. The summed E-state index contributed by atoms with van der Waals surface area (Å²) < 4.78 is 44.1. The first kappa shape index (κ1) is 23.3. The molecular formula is C23H23FN2O5S2. The number of rotatable bonds is 6. The fraction of sp³-hybridized carbons (Fsp3) is 0.348. The summed E-state index contributed by atoms with van der Waals surface area (Å²) >= 11 is 1.12. The molecule has 1 saturated heterocycles. The summed E-state index contributed by atoms with van der Waals surface area (Å²) in [6.07, 6.45) is 0.516. The number of benzene rings is 1. The SMILES string of the molecule is Cc1nc(-c2ccc(F)cc2)sc1C(=O)OCC(=O)c1cc(C)n(C2CCS(=O)(=O)C2)c1C. The minimum absolute atomic E-state index is 0.0625. The monoisotopic (exact) mass is 490 g/mol. The van der Waals surface area contributed by atoms with Gasteiger partial charge in [-0.05, 0) is 57.5 Å². The van der Waals surface area contributed by atoms with E-state index >= 15 is 0 Å². The van der Waals surface area contributed by atoms with Crippen molar-refractivity contribution in [2.45, 2.75) is 33.2 Å². The highest BCUT2D eigenvalue weighted by Gasteiger charge is 2.32. The molecule has 0 spiro atoms. The van der Waals surface area contributed by atoms with E-state index in [2.05, 4.69) is 4.98 Å². The molecule has 0 saturated carbocycles. The second kappa shape index (κ2) is 8.83. The first-order valence-corrected chi connectivity index (χ1v) is 13.0. The predicted molar refractivity (Wildman–Crippen MR) is 123 cm³/mol. The molecule has 0 aliphatic carbocycles. The summed E-state index contributed by atoms with van der Waals surface area (Å²) in [7, 11) is -3.06. The van der Waals surface area contributed by atoms with E-state index in [9.17, 15) is 22.4 Å². The van der Waals surface area contributed by atoms with Crippen LogP contribution >= 0.6 is 11.3 Å². The summed E-state index contributed by atoms with van der Waals surface area (Å²) in [6.45, 7) is 4.84. The molecule has 1 unspecified atom stereocenters. The quantitative estimate of drug-likeness (QED) is 0.382. The molecule has 1 aliphatic heterocycles. The smallest absolute Gasteiger partial charge is 0.350 e. The number of halogens is 1. The largest absolute Gasteiger partial charge is 0.453 e. The Bertz CT molecular complexity index is 1340. The molecule has 1 atom stereocenters. The van der Waals surface area contributed by atoms with Crippen LogP contribution in [0.3, 0.4) is 0 Å². The van der Waals surface area contributed by atoms with Gasteiger partial charge in [0.1, 0.15) is 15.7 Å². The first-order chi connectivity index (χ1) is 15.6. The van der Waals surface area contributed by atoms with Crippen molar-refractivity contribution in [2.24, 2.45) is 0 Å². The zero-order chi connectivity index (χ0) is 23.9. The van der Waals surface area contributed by atoms with Gasteiger partial charge >= 0.3 is 5.97 Å². The molecule has 7 nitrogen and oxygen atoms in total. The Morgan fingerprint density at radius 3 is 2.55 bits per heavy atom. The van der Waals surface area contributed by atoms with E-state index in [0.29, 0.717) is 33.9 Å². The first-order valence-electron chi connectivity index (χ1n) is 10.4. The lowest BCUT2D eigenvalue weighted by atomic mass is 10.1. The van der Waals surface area contributed by atoms with Crippen molar-refractivity contribution in [3.8, 4) is 10.6 Å². The topological polar surface area (TPSA) is 95.3 Å². The van der Waals surface area contributed by atoms with Crippen LogP contribution in [0.1, 0.15) is 49.6 Å². The average Bonchev–Trinajstić information content (AvgIpc) is 3.41. The fourth-order valence-electron chi connectivity index (χ4n) is 4.18. The molecule has 4 rings (SSSR count). The van der Waals surface area contributed by atoms with E-state index in [1.54, 1.807) is 32.0 Å². The third-order valence-corrected chi connectivity index (χ3v) is 8.70. The van der Waals surface area contributed by atoms with Crippen LogP contribution in [0.15, 0.2) is 30.3 Å². The van der Waals surface area contributed by atoms with Gasteiger partial charge in [0.15, 0.2) is 16.4 Å². The van der Waals surface area contributed by atoms with Crippen LogP contribution in [-0.2, 0) is 14.6 Å². The lowest BCUT2D eigenvalue weighted by Gasteiger charge is -2.16. The Morgan fingerprint density at radius 1 is 1.21 bits per heavy atom. The zero-order valence-electron chi connectivity index (χ0n) is 18.4. The van der Waals surface area contributed by atoms with Crippen LogP contribution in [0.4, 0.5) is 4.39 Å². The van der Waals surface area contributed by atoms with Crippen molar-refractivity contribution >= 4 is 32.9 Å². The van der Waals surface area contributed by atoms with E-state index in [-0.39, 0.29) is 34.0 Å². The van der Waals surface area contributed by atoms with Crippen LogP contribution in [0.25, 0.3) is 10.6 Å². The molecule has 3 heterocycles. The second-order valence-corrected chi connectivity index (χ2v) is 11.4. The third kappa shape index (κ3) is 4.77. The minimum atomic E-state index is -3.06.